The van der Waals surface area contributed by atoms with Crippen LogP contribution in [0, 0.1) is 5.92 Å². The lowest BCUT2D eigenvalue weighted by Gasteiger charge is -2.39. The molecule has 35 heavy (non-hydrogen) atoms. The van der Waals surface area contributed by atoms with Crippen molar-refractivity contribution in [2.24, 2.45) is 5.92 Å². The average molecular weight is 468 g/mol. The van der Waals surface area contributed by atoms with Crippen molar-refractivity contribution in [3.8, 4) is 11.3 Å². The Morgan fingerprint density at radius 3 is 2.43 bits per heavy atom. The molecule has 2 aromatic carbocycles. The fourth-order valence-electron chi connectivity index (χ4n) is 4.98. The molecule has 0 spiro atoms. The number of hydrogen-bond acceptors (Lipinski definition) is 5. The van der Waals surface area contributed by atoms with Gasteiger partial charge < -0.3 is 9.80 Å². The number of piperazine rings is 1. The normalized spacial score (nSPS) is 19.3. The molecule has 2 aliphatic heterocycles. The molecule has 0 saturated carbocycles. The van der Waals surface area contributed by atoms with Gasteiger partial charge in [-0.25, -0.2) is 9.97 Å². The minimum atomic E-state index is 0.0309. The van der Waals surface area contributed by atoms with E-state index in [1.807, 2.05) is 30.3 Å². The van der Waals surface area contributed by atoms with Crippen molar-refractivity contribution >= 4 is 17.8 Å². The maximum absolute atomic E-state index is 13.4. The highest BCUT2D eigenvalue weighted by Crippen LogP contribution is 2.26. The van der Waals surface area contributed by atoms with E-state index in [-0.39, 0.29) is 5.92 Å². The molecule has 0 radical (unpaired) electrons. The van der Waals surface area contributed by atoms with Crippen molar-refractivity contribution < 1.29 is 4.79 Å². The lowest BCUT2D eigenvalue weighted by molar-refractivity contribution is -0.137. The summed E-state index contributed by atoms with van der Waals surface area (Å²) in [5.41, 5.74) is 3.22. The van der Waals surface area contributed by atoms with Crippen LogP contribution >= 0.6 is 0 Å². The van der Waals surface area contributed by atoms with Crippen molar-refractivity contribution in [1.29, 1.82) is 0 Å². The zero-order chi connectivity index (χ0) is 23.9. The Labute approximate surface area is 207 Å². The molecule has 0 N–H and O–H groups in total. The maximum atomic E-state index is 13.4. The second-order valence-electron chi connectivity index (χ2n) is 9.35. The summed E-state index contributed by atoms with van der Waals surface area (Å²) in [5.74, 6) is 1.24. The first-order valence-corrected chi connectivity index (χ1v) is 12.6. The molecule has 1 atom stereocenters. The topological polar surface area (TPSA) is 52.6 Å². The van der Waals surface area contributed by atoms with Gasteiger partial charge in [0.25, 0.3) is 0 Å². The number of piperidine rings is 1. The van der Waals surface area contributed by atoms with Crippen molar-refractivity contribution in [1.82, 2.24) is 19.8 Å². The van der Waals surface area contributed by atoms with Crippen LogP contribution in [0.2, 0.25) is 0 Å². The third kappa shape index (κ3) is 5.95. The van der Waals surface area contributed by atoms with Gasteiger partial charge in [0, 0.05) is 57.4 Å². The molecule has 5 rings (SSSR count). The molecular formula is C29H33N5O. The van der Waals surface area contributed by atoms with Crippen LogP contribution in [-0.4, -0.2) is 71.5 Å². The van der Waals surface area contributed by atoms with E-state index in [4.69, 9.17) is 0 Å². The van der Waals surface area contributed by atoms with Gasteiger partial charge in [-0.15, -0.1) is 0 Å². The third-order valence-corrected chi connectivity index (χ3v) is 6.97. The predicted octanol–water partition coefficient (Wildman–Crippen LogP) is 4.22. The minimum Gasteiger partial charge on any atom is -0.356 e. The number of anilines is 1. The molecule has 6 heteroatoms. The van der Waals surface area contributed by atoms with E-state index >= 15 is 0 Å². The van der Waals surface area contributed by atoms with E-state index in [1.165, 1.54) is 5.56 Å². The number of amides is 1. The van der Waals surface area contributed by atoms with E-state index in [2.05, 4.69) is 73.2 Å². The SMILES string of the molecule is O=C(C1CCCN(c2cc(-c3ccccc3)ncn2)C1)N1CCN(C/C=C/c2ccccc2)CC1. The second kappa shape index (κ2) is 11.3. The summed E-state index contributed by atoms with van der Waals surface area (Å²) in [6.07, 6.45) is 7.98. The van der Waals surface area contributed by atoms with Crippen LogP contribution in [0.25, 0.3) is 17.3 Å². The number of aromatic nitrogens is 2. The van der Waals surface area contributed by atoms with Gasteiger partial charge in [-0.2, -0.15) is 0 Å². The summed E-state index contributed by atoms with van der Waals surface area (Å²) in [4.78, 5) is 29.1. The summed E-state index contributed by atoms with van der Waals surface area (Å²) >= 11 is 0. The van der Waals surface area contributed by atoms with Gasteiger partial charge in [0.05, 0.1) is 11.6 Å². The van der Waals surface area contributed by atoms with Crippen LogP contribution in [0.15, 0.2) is 79.1 Å². The Kier molecular flexibility index (Phi) is 7.49. The molecule has 2 aliphatic rings. The zero-order valence-corrected chi connectivity index (χ0v) is 20.2. The number of carbonyl (C=O) groups excluding carboxylic acids is 1. The minimum absolute atomic E-state index is 0.0309. The molecule has 180 valence electrons. The quantitative estimate of drug-likeness (QED) is 0.543. The van der Waals surface area contributed by atoms with Crippen molar-refractivity contribution in [2.45, 2.75) is 12.8 Å². The fraction of sp³-hybridized carbons (Fsp3) is 0.345. The number of hydrogen-bond donors (Lipinski definition) is 0. The monoisotopic (exact) mass is 467 g/mol. The van der Waals surface area contributed by atoms with Crippen LogP contribution in [0.4, 0.5) is 5.82 Å². The maximum Gasteiger partial charge on any atom is 0.227 e. The molecule has 6 nitrogen and oxygen atoms in total. The van der Waals surface area contributed by atoms with Gasteiger partial charge in [0.1, 0.15) is 12.1 Å². The van der Waals surface area contributed by atoms with Gasteiger partial charge in [0.15, 0.2) is 0 Å². The molecule has 2 fully saturated rings. The van der Waals surface area contributed by atoms with Gasteiger partial charge in [-0.3, -0.25) is 9.69 Å². The third-order valence-electron chi connectivity index (χ3n) is 6.97. The number of benzene rings is 2. The Morgan fingerprint density at radius 1 is 0.914 bits per heavy atom. The average Bonchev–Trinajstić information content (AvgIpc) is 2.94. The second-order valence-corrected chi connectivity index (χ2v) is 9.35. The largest absolute Gasteiger partial charge is 0.356 e. The number of carbonyl (C=O) groups is 1. The van der Waals surface area contributed by atoms with Crippen LogP contribution < -0.4 is 4.90 Å². The van der Waals surface area contributed by atoms with Crippen molar-refractivity contribution in [3.63, 3.8) is 0 Å². The summed E-state index contributed by atoms with van der Waals surface area (Å²) in [5, 5.41) is 0. The van der Waals surface area contributed by atoms with E-state index in [0.717, 1.165) is 75.7 Å². The van der Waals surface area contributed by atoms with E-state index in [0.29, 0.717) is 5.91 Å². The van der Waals surface area contributed by atoms with Crippen molar-refractivity contribution in [2.75, 3.05) is 50.7 Å². The Bertz CT molecular complexity index is 1130. The lowest BCUT2D eigenvalue weighted by Crippen LogP contribution is -2.52. The van der Waals surface area contributed by atoms with Crippen LogP contribution in [-0.2, 0) is 4.79 Å². The van der Waals surface area contributed by atoms with Gasteiger partial charge >= 0.3 is 0 Å². The number of rotatable bonds is 6. The first kappa shape index (κ1) is 23.2. The summed E-state index contributed by atoms with van der Waals surface area (Å²) < 4.78 is 0. The first-order valence-electron chi connectivity index (χ1n) is 12.6. The molecule has 3 heterocycles. The van der Waals surface area contributed by atoms with E-state index in [1.54, 1.807) is 6.33 Å². The summed E-state index contributed by atoms with van der Waals surface area (Å²) in [6, 6.07) is 22.6. The molecule has 1 aromatic heterocycles. The molecule has 1 amide bonds. The molecule has 0 bridgehead atoms. The van der Waals surface area contributed by atoms with Crippen molar-refractivity contribution in [3.05, 3.63) is 84.7 Å². The smallest absolute Gasteiger partial charge is 0.227 e. The standard InChI is InChI=1S/C29H33N5O/c35-29(33-19-17-32(18-20-33)15-7-11-24-9-3-1-4-10-24)26-14-8-16-34(22-26)28-21-27(30-23-31-28)25-12-5-2-6-13-25/h1-7,9-13,21,23,26H,8,14-20,22H2/b11-7+. The highest BCUT2D eigenvalue weighted by molar-refractivity contribution is 5.80. The fourth-order valence-corrected chi connectivity index (χ4v) is 4.98. The van der Waals surface area contributed by atoms with Crippen LogP contribution in [0.3, 0.4) is 0 Å². The highest BCUT2D eigenvalue weighted by atomic mass is 16.2. The summed E-state index contributed by atoms with van der Waals surface area (Å²) in [6.45, 7) is 6.04. The van der Waals surface area contributed by atoms with Crippen LogP contribution in [0.5, 0.6) is 0 Å². The molecular weight excluding hydrogens is 434 g/mol. The first-order chi connectivity index (χ1) is 17.3. The Morgan fingerprint density at radius 2 is 1.66 bits per heavy atom. The lowest BCUT2D eigenvalue weighted by atomic mass is 9.96. The Hall–Kier alpha value is -3.51. The predicted molar refractivity (Wildman–Crippen MR) is 141 cm³/mol. The summed E-state index contributed by atoms with van der Waals surface area (Å²) in [7, 11) is 0. The Balaban J connectivity index is 1.14. The molecule has 1 unspecified atom stereocenters. The van der Waals surface area contributed by atoms with Gasteiger partial charge in [0.2, 0.25) is 5.91 Å². The number of nitrogens with zero attached hydrogens (tertiary/aromatic N) is 5. The molecule has 2 saturated heterocycles. The highest BCUT2D eigenvalue weighted by Gasteiger charge is 2.31. The van der Waals surface area contributed by atoms with E-state index in [9.17, 15) is 4.79 Å². The van der Waals surface area contributed by atoms with Gasteiger partial charge in [-0.1, -0.05) is 72.8 Å². The zero-order valence-electron chi connectivity index (χ0n) is 20.2. The van der Waals surface area contributed by atoms with E-state index < -0.39 is 0 Å². The molecule has 3 aromatic rings. The van der Waals surface area contributed by atoms with Gasteiger partial charge in [-0.05, 0) is 18.4 Å². The van der Waals surface area contributed by atoms with Crippen LogP contribution in [0.1, 0.15) is 18.4 Å². The molecule has 0 aliphatic carbocycles.